The molecule has 0 aliphatic rings. The van der Waals surface area contributed by atoms with Crippen molar-refractivity contribution in [1.29, 1.82) is 0 Å². The molecular weight excluding hydrogens is 339 g/mol. The van der Waals surface area contributed by atoms with Crippen molar-refractivity contribution >= 4 is 39.0 Å². The highest BCUT2D eigenvalue weighted by atomic mass is 79.9. The number of halogens is 2. The molecule has 110 valence electrons. The number of methoxy groups -OCH3 is 1. The first-order valence-electron chi connectivity index (χ1n) is 6.13. The fourth-order valence-corrected chi connectivity index (χ4v) is 2.27. The maximum Gasteiger partial charge on any atom is 0.340 e. The van der Waals surface area contributed by atoms with Crippen molar-refractivity contribution in [1.82, 2.24) is 0 Å². The van der Waals surface area contributed by atoms with E-state index in [1.807, 2.05) is 0 Å². The van der Waals surface area contributed by atoms with E-state index in [4.69, 9.17) is 10.5 Å². The Morgan fingerprint density at radius 1 is 1.29 bits per heavy atom. The second-order valence-corrected chi connectivity index (χ2v) is 5.35. The summed E-state index contributed by atoms with van der Waals surface area (Å²) in [5.41, 5.74) is 8.66. The third-order valence-electron chi connectivity index (χ3n) is 3.00. The Balaban J connectivity index is 2.38. The SMILES string of the molecule is COC(=O)c1cc(Nc2ccc(F)c(Br)c2)cc(C)c1N. The third-order valence-corrected chi connectivity index (χ3v) is 3.61. The average Bonchev–Trinajstić information content (AvgIpc) is 2.45. The molecule has 0 spiro atoms. The number of nitrogens with one attached hydrogen (secondary N) is 1. The summed E-state index contributed by atoms with van der Waals surface area (Å²) in [7, 11) is 1.30. The minimum atomic E-state index is -0.500. The van der Waals surface area contributed by atoms with Crippen LogP contribution in [-0.2, 0) is 4.74 Å². The third kappa shape index (κ3) is 3.33. The molecule has 2 aromatic rings. The molecule has 0 unspecified atom stereocenters. The van der Waals surface area contributed by atoms with Crippen molar-refractivity contribution < 1.29 is 13.9 Å². The van der Waals surface area contributed by atoms with Gasteiger partial charge in [-0.15, -0.1) is 0 Å². The standard InChI is InChI=1S/C15H14BrFN2O2/c1-8-5-10(6-11(14(8)18)15(20)21-2)19-9-3-4-13(17)12(16)7-9/h3-7,19H,18H2,1-2H3. The van der Waals surface area contributed by atoms with Crippen LogP contribution in [0, 0.1) is 12.7 Å². The highest BCUT2D eigenvalue weighted by Crippen LogP contribution is 2.27. The molecule has 21 heavy (non-hydrogen) atoms. The number of ether oxygens (including phenoxy) is 1. The molecule has 2 aromatic carbocycles. The number of aryl methyl sites for hydroxylation is 1. The van der Waals surface area contributed by atoms with Gasteiger partial charge in [-0.05, 0) is 58.7 Å². The maximum absolute atomic E-state index is 13.2. The molecule has 0 heterocycles. The van der Waals surface area contributed by atoms with Gasteiger partial charge in [0.25, 0.3) is 0 Å². The van der Waals surface area contributed by atoms with Crippen LogP contribution >= 0.6 is 15.9 Å². The summed E-state index contributed by atoms with van der Waals surface area (Å²) in [6, 6.07) is 7.96. The number of hydrogen-bond acceptors (Lipinski definition) is 4. The van der Waals surface area contributed by atoms with Crippen LogP contribution in [0.25, 0.3) is 0 Å². The van der Waals surface area contributed by atoms with Crippen LogP contribution < -0.4 is 11.1 Å². The first-order valence-corrected chi connectivity index (χ1v) is 6.92. The van der Waals surface area contributed by atoms with Gasteiger partial charge in [0.15, 0.2) is 0 Å². The quantitative estimate of drug-likeness (QED) is 0.647. The van der Waals surface area contributed by atoms with Crippen molar-refractivity contribution in [3.8, 4) is 0 Å². The van der Waals surface area contributed by atoms with Crippen molar-refractivity contribution in [2.24, 2.45) is 0 Å². The average molecular weight is 353 g/mol. The van der Waals surface area contributed by atoms with Gasteiger partial charge in [0.2, 0.25) is 0 Å². The lowest BCUT2D eigenvalue weighted by Crippen LogP contribution is -2.08. The molecule has 0 amide bonds. The molecular formula is C15H14BrFN2O2. The van der Waals surface area contributed by atoms with Crippen molar-refractivity contribution in [2.45, 2.75) is 6.92 Å². The Kier molecular flexibility index (Phi) is 4.47. The summed E-state index contributed by atoms with van der Waals surface area (Å²) in [4.78, 5) is 11.7. The second kappa shape index (κ2) is 6.13. The van der Waals surface area contributed by atoms with Gasteiger partial charge in [0.05, 0.1) is 17.1 Å². The van der Waals surface area contributed by atoms with Gasteiger partial charge in [-0.25, -0.2) is 9.18 Å². The monoisotopic (exact) mass is 352 g/mol. The zero-order chi connectivity index (χ0) is 15.6. The van der Waals surface area contributed by atoms with Gasteiger partial charge in [-0.2, -0.15) is 0 Å². The molecule has 0 radical (unpaired) electrons. The predicted molar refractivity (Wildman–Crippen MR) is 84.3 cm³/mol. The van der Waals surface area contributed by atoms with E-state index >= 15 is 0 Å². The molecule has 2 rings (SSSR count). The summed E-state index contributed by atoms with van der Waals surface area (Å²) in [5.74, 6) is -0.844. The molecule has 0 fully saturated rings. The van der Waals surface area contributed by atoms with E-state index in [0.717, 1.165) is 5.56 Å². The summed E-state index contributed by atoms with van der Waals surface area (Å²) < 4.78 is 18.3. The predicted octanol–water partition coefficient (Wildman–Crippen LogP) is 4.01. The van der Waals surface area contributed by atoms with Crippen LogP contribution in [0.3, 0.4) is 0 Å². The number of hydrogen-bond donors (Lipinski definition) is 2. The van der Waals surface area contributed by atoms with E-state index in [9.17, 15) is 9.18 Å². The van der Waals surface area contributed by atoms with Crippen LogP contribution in [0.4, 0.5) is 21.5 Å². The van der Waals surface area contributed by atoms with E-state index in [2.05, 4.69) is 21.2 Å². The zero-order valence-corrected chi connectivity index (χ0v) is 13.1. The summed E-state index contributed by atoms with van der Waals surface area (Å²) in [6.07, 6.45) is 0. The smallest absolute Gasteiger partial charge is 0.340 e. The molecule has 6 heteroatoms. The molecule has 0 saturated carbocycles. The van der Waals surface area contributed by atoms with Gasteiger partial charge in [-0.3, -0.25) is 0 Å². The molecule has 0 bridgehead atoms. The van der Waals surface area contributed by atoms with E-state index in [0.29, 0.717) is 27.1 Å². The minimum Gasteiger partial charge on any atom is -0.465 e. The highest BCUT2D eigenvalue weighted by Gasteiger charge is 2.13. The lowest BCUT2D eigenvalue weighted by Gasteiger charge is -2.12. The van der Waals surface area contributed by atoms with Crippen molar-refractivity contribution in [3.63, 3.8) is 0 Å². The molecule has 0 aromatic heterocycles. The lowest BCUT2D eigenvalue weighted by molar-refractivity contribution is 0.0602. The molecule has 0 saturated heterocycles. The van der Waals surface area contributed by atoms with Gasteiger partial charge in [0, 0.05) is 17.1 Å². The normalized spacial score (nSPS) is 10.3. The number of anilines is 3. The summed E-state index contributed by atoms with van der Waals surface area (Å²) in [5, 5.41) is 3.10. The van der Waals surface area contributed by atoms with Gasteiger partial charge >= 0.3 is 5.97 Å². The fraction of sp³-hybridized carbons (Fsp3) is 0.133. The minimum absolute atomic E-state index is 0.293. The molecule has 0 aliphatic heterocycles. The first kappa shape index (κ1) is 15.3. The van der Waals surface area contributed by atoms with Crippen LogP contribution in [0.5, 0.6) is 0 Å². The molecule has 4 nitrogen and oxygen atoms in total. The fourth-order valence-electron chi connectivity index (χ4n) is 1.89. The first-order chi connectivity index (χ1) is 9.92. The number of nitrogen functional groups attached to an aromatic ring is 1. The maximum atomic E-state index is 13.2. The largest absolute Gasteiger partial charge is 0.465 e. The zero-order valence-electron chi connectivity index (χ0n) is 11.5. The van der Waals surface area contributed by atoms with E-state index in [1.165, 1.54) is 13.2 Å². The van der Waals surface area contributed by atoms with Crippen molar-refractivity contribution in [2.75, 3.05) is 18.2 Å². The van der Waals surface area contributed by atoms with E-state index in [-0.39, 0.29) is 5.82 Å². The summed E-state index contributed by atoms with van der Waals surface area (Å²) >= 11 is 3.13. The number of carbonyl (C=O) groups excluding carboxylic acids is 1. The molecule has 3 N–H and O–H groups in total. The number of benzene rings is 2. The van der Waals surface area contributed by atoms with Crippen LogP contribution in [0.2, 0.25) is 0 Å². The number of esters is 1. The van der Waals surface area contributed by atoms with Gasteiger partial charge in [0.1, 0.15) is 5.82 Å². The van der Waals surface area contributed by atoms with Gasteiger partial charge < -0.3 is 15.8 Å². The Hall–Kier alpha value is -2.08. The Bertz CT molecular complexity index is 704. The van der Waals surface area contributed by atoms with Crippen LogP contribution in [0.15, 0.2) is 34.8 Å². The molecule has 0 aliphatic carbocycles. The lowest BCUT2D eigenvalue weighted by atomic mass is 10.1. The topological polar surface area (TPSA) is 64.3 Å². The van der Waals surface area contributed by atoms with E-state index < -0.39 is 5.97 Å². The number of rotatable bonds is 3. The Morgan fingerprint density at radius 3 is 2.62 bits per heavy atom. The van der Waals surface area contributed by atoms with Crippen LogP contribution in [-0.4, -0.2) is 13.1 Å². The number of carbonyl (C=O) groups is 1. The van der Waals surface area contributed by atoms with Crippen LogP contribution in [0.1, 0.15) is 15.9 Å². The Labute approximate surface area is 130 Å². The van der Waals surface area contributed by atoms with Gasteiger partial charge in [-0.1, -0.05) is 0 Å². The molecule has 0 atom stereocenters. The Morgan fingerprint density at radius 2 is 2.00 bits per heavy atom. The van der Waals surface area contributed by atoms with Crippen molar-refractivity contribution in [3.05, 3.63) is 51.7 Å². The van der Waals surface area contributed by atoms with E-state index in [1.54, 1.807) is 31.2 Å². The summed E-state index contributed by atoms with van der Waals surface area (Å²) in [6.45, 7) is 1.80. The number of nitrogens with two attached hydrogens (primary N) is 1. The second-order valence-electron chi connectivity index (χ2n) is 4.50. The highest BCUT2D eigenvalue weighted by molar-refractivity contribution is 9.10.